The summed E-state index contributed by atoms with van der Waals surface area (Å²) in [4.78, 5) is 16.6. The van der Waals surface area contributed by atoms with Crippen molar-refractivity contribution in [1.29, 1.82) is 0 Å². The van der Waals surface area contributed by atoms with Crippen molar-refractivity contribution < 1.29 is 14.3 Å². The molecule has 0 atom stereocenters. The van der Waals surface area contributed by atoms with Crippen LogP contribution < -0.4 is 15.4 Å². The molecule has 1 aliphatic carbocycles. The normalized spacial score (nSPS) is 14.0. The van der Waals surface area contributed by atoms with Crippen molar-refractivity contribution in [2.75, 3.05) is 6.61 Å². The molecule has 1 aromatic heterocycles. The second-order valence-corrected chi connectivity index (χ2v) is 6.93. The number of nitrogens with one attached hydrogen (secondary N) is 2. The van der Waals surface area contributed by atoms with Gasteiger partial charge < -0.3 is 20.1 Å². The number of carbonyl (C=O) groups is 1. The average molecular weight is 383 g/mol. The van der Waals surface area contributed by atoms with Crippen molar-refractivity contribution in [3.63, 3.8) is 0 Å². The Balaban J connectivity index is 1.50. The van der Waals surface area contributed by atoms with Crippen molar-refractivity contribution in [3.8, 4) is 5.88 Å². The molecule has 1 fully saturated rings. The van der Waals surface area contributed by atoms with E-state index in [4.69, 9.17) is 9.47 Å². The summed E-state index contributed by atoms with van der Waals surface area (Å²) < 4.78 is 11.5. The topological polar surface area (TPSA) is 72.5 Å². The zero-order chi connectivity index (χ0) is 19.6. The van der Waals surface area contributed by atoms with Crippen LogP contribution in [0.3, 0.4) is 0 Å². The molecule has 1 heterocycles. The van der Waals surface area contributed by atoms with Crippen molar-refractivity contribution in [2.45, 2.75) is 58.4 Å². The van der Waals surface area contributed by atoms with Crippen LogP contribution in [0.15, 0.2) is 42.6 Å². The molecule has 1 saturated carbocycles. The van der Waals surface area contributed by atoms with Gasteiger partial charge in [0.05, 0.1) is 6.61 Å². The molecule has 6 heteroatoms. The van der Waals surface area contributed by atoms with E-state index in [9.17, 15) is 4.79 Å². The van der Waals surface area contributed by atoms with Crippen molar-refractivity contribution in [3.05, 3.63) is 59.3 Å². The third kappa shape index (κ3) is 5.96. The lowest BCUT2D eigenvalue weighted by Crippen LogP contribution is -2.35. The van der Waals surface area contributed by atoms with Crippen LogP contribution in [0.1, 0.15) is 49.3 Å². The van der Waals surface area contributed by atoms with Gasteiger partial charge in [0.2, 0.25) is 5.88 Å². The van der Waals surface area contributed by atoms with Crippen LogP contribution in [0.4, 0.5) is 4.79 Å². The summed E-state index contributed by atoms with van der Waals surface area (Å²) in [7, 11) is 0. The first-order chi connectivity index (χ1) is 13.8. The lowest BCUT2D eigenvalue weighted by molar-refractivity contribution is 0.133. The van der Waals surface area contributed by atoms with E-state index >= 15 is 0 Å². The number of ether oxygens (including phenoxy) is 2. The summed E-state index contributed by atoms with van der Waals surface area (Å²) in [6.07, 6.45) is 6.53. The lowest BCUT2D eigenvalue weighted by Gasteiger charge is -2.16. The Morgan fingerprint density at radius 1 is 1.04 bits per heavy atom. The molecule has 2 aromatic rings. The molecule has 6 nitrogen and oxygen atoms in total. The minimum absolute atomic E-state index is 0.220. The number of hydrogen-bond donors (Lipinski definition) is 2. The maximum Gasteiger partial charge on any atom is 0.315 e. The van der Waals surface area contributed by atoms with E-state index in [1.165, 1.54) is 12.8 Å². The molecule has 2 amide bonds. The lowest BCUT2D eigenvalue weighted by atomic mass is 10.1. The summed E-state index contributed by atoms with van der Waals surface area (Å²) >= 11 is 0. The third-order valence-corrected chi connectivity index (χ3v) is 4.89. The van der Waals surface area contributed by atoms with Crippen LogP contribution in [0.25, 0.3) is 0 Å². The molecule has 0 radical (unpaired) electrons. The van der Waals surface area contributed by atoms with E-state index in [2.05, 4.69) is 15.6 Å². The summed E-state index contributed by atoms with van der Waals surface area (Å²) in [6, 6.07) is 11.5. The van der Waals surface area contributed by atoms with Gasteiger partial charge in [0.25, 0.3) is 0 Å². The molecule has 0 saturated heterocycles. The first kappa shape index (κ1) is 20.1. The van der Waals surface area contributed by atoms with E-state index in [1.807, 2.05) is 43.3 Å². The number of urea groups is 1. The fourth-order valence-corrected chi connectivity index (χ4v) is 3.33. The fourth-order valence-electron chi connectivity index (χ4n) is 3.33. The zero-order valence-corrected chi connectivity index (χ0v) is 16.4. The largest absolute Gasteiger partial charge is 0.474 e. The van der Waals surface area contributed by atoms with Gasteiger partial charge in [0, 0.05) is 31.5 Å². The van der Waals surface area contributed by atoms with E-state index in [0.717, 1.165) is 29.5 Å². The van der Waals surface area contributed by atoms with Gasteiger partial charge >= 0.3 is 6.03 Å². The number of pyridine rings is 1. The molecule has 28 heavy (non-hydrogen) atoms. The van der Waals surface area contributed by atoms with Gasteiger partial charge in [-0.3, -0.25) is 0 Å². The highest BCUT2D eigenvalue weighted by atomic mass is 16.5. The van der Waals surface area contributed by atoms with Crippen molar-refractivity contribution in [1.82, 2.24) is 15.6 Å². The van der Waals surface area contributed by atoms with Gasteiger partial charge in [-0.25, -0.2) is 9.78 Å². The number of rotatable bonds is 9. The molecule has 3 rings (SSSR count). The average Bonchev–Trinajstić information content (AvgIpc) is 3.23. The van der Waals surface area contributed by atoms with Crippen LogP contribution in [-0.4, -0.2) is 23.7 Å². The monoisotopic (exact) mass is 383 g/mol. The smallest absolute Gasteiger partial charge is 0.315 e. The van der Waals surface area contributed by atoms with Crippen LogP contribution in [0.5, 0.6) is 5.88 Å². The predicted octanol–water partition coefficient (Wildman–Crippen LogP) is 3.94. The summed E-state index contributed by atoms with van der Waals surface area (Å²) in [6.45, 7) is 4.01. The van der Waals surface area contributed by atoms with Crippen LogP contribution in [0.2, 0.25) is 0 Å². The molecule has 0 unspecified atom stereocenters. The Hall–Kier alpha value is -2.60. The Bertz CT molecular complexity index is 760. The van der Waals surface area contributed by atoms with Gasteiger partial charge in [0.15, 0.2) is 0 Å². The molecule has 0 aliphatic heterocycles. The van der Waals surface area contributed by atoms with Crippen LogP contribution in [-0.2, 0) is 24.4 Å². The predicted molar refractivity (Wildman–Crippen MR) is 108 cm³/mol. The minimum atomic E-state index is -0.220. The van der Waals surface area contributed by atoms with E-state index in [0.29, 0.717) is 32.2 Å². The number of amides is 2. The maximum absolute atomic E-state index is 12.3. The number of carbonyl (C=O) groups excluding carboxylic acids is 1. The second-order valence-electron chi connectivity index (χ2n) is 6.93. The highest BCUT2D eigenvalue weighted by molar-refractivity contribution is 5.73. The van der Waals surface area contributed by atoms with E-state index in [1.54, 1.807) is 6.20 Å². The number of hydrogen-bond acceptors (Lipinski definition) is 4. The molecule has 1 aliphatic rings. The van der Waals surface area contributed by atoms with Gasteiger partial charge in [0.1, 0.15) is 6.10 Å². The standard InChI is InChI=1S/C22H29N3O3/c1-2-27-16-19-9-4-3-8-17(19)14-24-22(26)25-15-18-10-7-13-23-21(18)28-20-11-5-6-12-20/h3-4,7-10,13,20H,2,5-6,11-12,14-16H2,1H3,(H2,24,25,26). The molecule has 150 valence electrons. The Kier molecular flexibility index (Phi) is 7.67. The van der Waals surface area contributed by atoms with Gasteiger partial charge in [-0.05, 0) is 49.8 Å². The summed E-state index contributed by atoms with van der Waals surface area (Å²) in [5, 5.41) is 5.81. The first-order valence-electron chi connectivity index (χ1n) is 10.0. The highest BCUT2D eigenvalue weighted by Gasteiger charge is 2.18. The quantitative estimate of drug-likeness (QED) is 0.688. The molecule has 2 N–H and O–H groups in total. The van der Waals surface area contributed by atoms with E-state index in [-0.39, 0.29) is 12.1 Å². The Morgan fingerprint density at radius 3 is 2.46 bits per heavy atom. The highest BCUT2D eigenvalue weighted by Crippen LogP contribution is 2.24. The molecular formula is C22H29N3O3. The second kappa shape index (κ2) is 10.7. The minimum Gasteiger partial charge on any atom is -0.474 e. The maximum atomic E-state index is 12.3. The first-order valence-corrected chi connectivity index (χ1v) is 10.0. The van der Waals surface area contributed by atoms with E-state index < -0.39 is 0 Å². The van der Waals surface area contributed by atoms with Gasteiger partial charge in [-0.15, -0.1) is 0 Å². The summed E-state index contributed by atoms with van der Waals surface area (Å²) in [5.74, 6) is 0.622. The van der Waals surface area contributed by atoms with Crippen molar-refractivity contribution in [2.24, 2.45) is 0 Å². The number of nitrogens with zero attached hydrogens (tertiary/aromatic N) is 1. The SMILES string of the molecule is CCOCc1ccccc1CNC(=O)NCc1cccnc1OC1CCCC1. The molecule has 1 aromatic carbocycles. The fraction of sp³-hybridized carbons (Fsp3) is 0.455. The van der Waals surface area contributed by atoms with Crippen LogP contribution in [0, 0.1) is 0 Å². The Labute approximate surface area is 166 Å². The molecular weight excluding hydrogens is 354 g/mol. The Morgan fingerprint density at radius 2 is 1.71 bits per heavy atom. The third-order valence-electron chi connectivity index (χ3n) is 4.89. The summed E-state index contributed by atoms with van der Waals surface area (Å²) in [5.41, 5.74) is 3.03. The molecule has 0 spiro atoms. The zero-order valence-electron chi connectivity index (χ0n) is 16.4. The number of benzene rings is 1. The van der Waals surface area contributed by atoms with Crippen molar-refractivity contribution >= 4 is 6.03 Å². The van der Waals surface area contributed by atoms with Gasteiger partial charge in [-0.1, -0.05) is 30.3 Å². The van der Waals surface area contributed by atoms with Gasteiger partial charge in [-0.2, -0.15) is 0 Å². The molecule has 0 bridgehead atoms. The number of aromatic nitrogens is 1. The van der Waals surface area contributed by atoms with Crippen LogP contribution >= 0.6 is 0 Å².